The molecule has 2 aromatic carbocycles. The van der Waals surface area contributed by atoms with Crippen LogP contribution in [0.4, 0.5) is 10.5 Å². The summed E-state index contributed by atoms with van der Waals surface area (Å²) in [6.45, 7) is 5.71. The number of carbonyl (C=O) groups is 3. The zero-order valence-corrected chi connectivity index (χ0v) is 19.4. The Morgan fingerprint density at radius 1 is 0.970 bits per heavy atom. The Morgan fingerprint density at radius 2 is 1.67 bits per heavy atom. The van der Waals surface area contributed by atoms with Gasteiger partial charge < -0.3 is 25.4 Å². The Labute approximate surface area is 194 Å². The second kappa shape index (κ2) is 12.3. The van der Waals surface area contributed by atoms with Crippen LogP contribution in [-0.2, 0) is 20.9 Å². The molecule has 0 aliphatic rings. The first-order valence-electron chi connectivity index (χ1n) is 10.6. The third kappa shape index (κ3) is 9.90. The van der Waals surface area contributed by atoms with E-state index in [4.69, 9.17) is 9.47 Å². The first-order chi connectivity index (χ1) is 15.7. The molecule has 8 heteroatoms. The minimum absolute atomic E-state index is 0.109. The van der Waals surface area contributed by atoms with Crippen LogP contribution in [0.3, 0.4) is 0 Å². The van der Waals surface area contributed by atoms with E-state index in [2.05, 4.69) is 16.0 Å². The number of methoxy groups -OCH3 is 1. The van der Waals surface area contributed by atoms with E-state index in [0.717, 1.165) is 16.9 Å². The highest BCUT2D eigenvalue weighted by Crippen LogP contribution is 2.16. The van der Waals surface area contributed by atoms with Crippen LogP contribution in [0.25, 0.3) is 6.08 Å². The van der Waals surface area contributed by atoms with E-state index in [-0.39, 0.29) is 31.3 Å². The number of benzene rings is 2. The lowest BCUT2D eigenvalue weighted by Crippen LogP contribution is -2.35. The van der Waals surface area contributed by atoms with Crippen molar-refractivity contribution in [3.8, 4) is 5.75 Å². The van der Waals surface area contributed by atoms with Gasteiger partial charge in [0.25, 0.3) is 0 Å². The fraction of sp³-hybridized carbons (Fsp3) is 0.320. The molecule has 0 unspecified atom stereocenters. The molecule has 0 aromatic heterocycles. The number of carbonyl (C=O) groups excluding carboxylic acids is 3. The van der Waals surface area contributed by atoms with E-state index < -0.39 is 11.7 Å². The molecule has 0 heterocycles. The standard InChI is InChI=1S/C25H31N3O5/c1-25(2,3)33-24(31)26-16-15-22(29)27-17-19-7-5-6-8-21(19)28-23(30)14-11-18-9-12-20(32-4)13-10-18/h5-14H,15-17H2,1-4H3,(H,26,31)(H,27,29)(H,28,30)/b14-11+. The van der Waals surface area contributed by atoms with Gasteiger partial charge in [-0.25, -0.2) is 4.79 Å². The van der Waals surface area contributed by atoms with Crippen LogP contribution in [0.1, 0.15) is 38.3 Å². The minimum Gasteiger partial charge on any atom is -0.497 e. The Hall–Kier alpha value is -3.81. The average molecular weight is 454 g/mol. The number of para-hydroxylation sites is 1. The number of alkyl carbamates (subject to hydrolysis) is 1. The van der Waals surface area contributed by atoms with E-state index in [1.165, 1.54) is 6.08 Å². The predicted molar refractivity (Wildman–Crippen MR) is 128 cm³/mol. The smallest absolute Gasteiger partial charge is 0.407 e. The first kappa shape index (κ1) is 25.5. The molecule has 2 aromatic rings. The van der Waals surface area contributed by atoms with Gasteiger partial charge in [-0.05, 0) is 56.2 Å². The van der Waals surface area contributed by atoms with Crippen molar-refractivity contribution in [2.24, 2.45) is 0 Å². The third-order valence-electron chi connectivity index (χ3n) is 4.31. The summed E-state index contributed by atoms with van der Waals surface area (Å²) < 4.78 is 10.2. The summed E-state index contributed by atoms with van der Waals surface area (Å²) in [5.41, 5.74) is 1.64. The summed E-state index contributed by atoms with van der Waals surface area (Å²) in [7, 11) is 1.60. The second-order valence-corrected chi connectivity index (χ2v) is 8.21. The molecule has 3 amide bonds. The van der Waals surface area contributed by atoms with Crippen molar-refractivity contribution < 1.29 is 23.9 Å². The SMILES string of the molecule is COc1ccc(/C=C/C(=O)Nc2ccccc2CNC(=O)CCNC(=O)OC(C)(C)C)cc1. The molecule has 0 atom stereocenters. The normalized spacial score (nSPS) is 11.0. The van der Waals surface area contributed by atoms with Crippen molar-refractivity contribution in [2.75, 3.05) is 19.0 Å². The third-order valence-corrected chi connectivity index (χ3v) is 4.31. The zero-order chi connectivity index (χ0) is 24.3. The summed E-state index contributed by atoms with van der Waals surface area (Å²) in [4.78, 5) is 36.1. The van der Waals surface area contributed by atoms with Crippen LogP contribution in [0.2, 0.25) is 0 Å². The fourth-order valence-electron chi connectivity index (χ4n) is 2.73. The van der Waals surface area contributed by atoms with Crippen molar-refractivity contribution in [2.45, 2.75) is 39.3 Å². The van der Waals surface area contributed by atoms with Crippen molar-refractivity contribution in [3.05, 3.63) is 65.7 Å². The lowest BCUT2D eigenvalue weighted by molar-refractivity contribution is -0.121. The van der Waals surface area contributed by atoms with E-state index in [9.17, 15) is 14.4 Å². The Kier molecular flexibility index (Phi) is 9.47. The van der Waals surface area contributed by atoms with Crippen LogP contribution in [-0.4, -0.2) is 37.2 Å². The highest BCUT2D eigenvalue weighted by Gasteiger charge is 2.16. The molecule has 8 nitrogen and oxygen atoms in total. The monoisotopic (exact) mass is 453 g/mol. The number of hydrogen-bond acceptors (Lipinski definition) is 5. The number of amides is 3. The van der Waals surface area contributed by atoms with Crippen LogP contribution >= 0.6 is 0 Å². The van der Waals surface area contributed by atoms with Gasteiger partial charge in [0.2, 0.25) is 11.8 Å². The molecule has 0 saturated carbocycles. The van der Waals surface area contributed by atoms with Gasteiger partial charge in [-0.2, -0.15) is 0 Å². The van der Waals surface area contributed by atoms with Gasteiger partial charge in [-0.1, -0.05) is 30.3 Å². The highest BCUT2D eigenvalue weighted by molar-refractivity contribution is 6.02. The zero-order valence-electron chi connectivity index (χ0n) is 19.4. The molecule has 176 valence electrons. The molecular weight excluding hydrogens is 422 g/mol. The van der Waals surface area contributed by atoms with Crippen molar-refractivity contribution in [1.82, 2.24) is 10.6 Å². The van der Waals surface area contributed by atoms with Crippen LogP contribution in [0.5, 0.6) is 5.75 Å². The molecule has 0 saturated heterocycles. The molecule has 0 spiro atoms. The summed E-state index contributed by atoms with van der Waals surface area (Å²) in [6, 6.07) is 14.6. The van der Waals surface area contributed by atoms with Gasteiger partial charge in [0.1, 0.15) is 11.4 Å². The van der Waals surface area contributed by atoms with Gasteiger partial charge >= 0.3 is 6.09 Å². The van der Waals surface area contributed by atoms with Gasteiger partial charge in [0.15, 0.2) is 0 Å². The number of anilines is 1. The number of ether oxygens (including phenoxy) is 2. The second-order valence-electron chi connectivity index (χ2n) is 8.21. The summed E-state index contributed by atoms with van der Waals surface area (Å²) in [6.07, 6.45) is 2.69. The van der Waals surface area contributed by atoms with Crippen LogP contribution in [0, 0.1) is 0 Å². The molecule has 0 fully saturated rings. The van der Waals surface area contributed by atoms with Crippen LogP contribution in [0.15, 0.2) is 54.6 Å². The van der Waals surface area contributed by atoms with Gasteiger partial charge in [0.05, 0.1) is 7.11 Å². The maximum atomic E-state index is 12.3. The molecule has 0 aliphatic carbocycles. The van der Waals surface area contributed by atoms with Gasteiger partial charge in [-0.15, -0.1) is 0 Å². The lowest BCUT2D eigenvalue weighted by Gasteiger charge is -2.19. The number of hydrogen-bond donors (Lipinski definition) is 3. The first-order valence-corrected chi connectivity index (χ1v) is 10.6. The Balaban J connectivity index is 1.83. The van der Waals surface area contributed by atoms with Crippen LogP contribution < -0.4 is 20.7 Å². The predicted octanol–water partition coefficient (Wildman–Crippen LogP) is 3.88. The van der Waals surface area contributed by atoms with Gasteiger partial charge in [0, 0.05) is 31.3 Å². The minimum atomic E-state index is -0.593. The average Bonchev–Trinajstić information content (AvgIpc) is 2.76. The van der Waals surface area contributed by atoms with Crippen molar-refractivity contribution in [1.29, 1.82) is 0 Å². The summed E-state index contributed by atoms with van der Waals surface area (Å²) in [5, 5.41) is 8.17. The Bertz CT molecular complexity index is 978. The molecule has 0 radical (unpaired) electrons. The van der Waals surface area contributed by atoms with E-state index in [1.54, 1.807) is 46.1 Å². The van der Waals surface area contributed by atoms with Crippen molar-refractivity contribution >= 4 is 29.7 Å². The topological polar surface area (TPSA) is 106 Å². The lowest BCUT2D eigenvalue weighted by atomic mass is 10.1. The molecular formula is C25H31N3O5. The summed E-state index contributed by atoms with van der Waals surface area (Å²) >= 11 is 0. The number of nitrogens with one attached hydrogen (secondary N) is 3. The molecule has 2 rings (SSSR count). The van der Waals surface area contributed by atoms with Crippen molar-refractivity contribution in [3.63, 3.8) is 0 Å². The quantitative estimate of drug-likeness (QED) is 0.500. The largest absolute Gasteiger partial charge is 0.497 e. The van der Waals surface area contributed by atoms with E-state index >= 15 is 0 Å². The summed E-state index contributed by atoms with van der Waals surface area (Å²) in [5.74, 6) is 0.228. The molecule has 0 aliphatic heterocycles. The maximum Gasteiger partial charge on any atom is 0.407 e. The van der Waals surface area contributed by atoms with E-state index in [1.807, 2.05) is 36.4 Å². The maximum absolute atomic E-state index is 12.3. The number of rotatable bonds is 9. The Morgan fingerprint density at radius 3 is 2.33 bits per heavy atom. The van der Waals surface area contributed by atoms with Gasteiger partial charge in [-0.3, -0.25) is 9.59 Å². The molecule has 0 bridgehead atoms. The molecule has 3 N–H and O–H groups in total. The fourth-order valence-corrected chi connectivity index (χ4v) is 2.73. The molecule has 33 heavy (non-hydrogen) atoms. The van der Waals surface area contributed by atoms with E-state index in [0.29, 0.717) is 5.69 Å². The highest BCUT2D eigenvalue weighted by atomic mass is 16.6.